The van der Waals surface area contributed by atoms with Gasteiger partial charge < -0.3 is 25.8 Å². The molecule has 3 heterocycles. The molecule has 3 fully saturated rings. The highest BCUT2D eigenvalue weighted by atomic mass is 16.7. The number of aromatic nitrogens is 4. The zero-order chi connectivity index (χ0) is 27.5. The van der Waals surface area contributed by atoms with Gasteiger partial charge >= 0.3 is 6.09 Å². The fourth-order valence-electron chi connectivity index (χ4n) is 6.24. The highest BCUT2D eigenvalue weighted by molar-refractivity contribution is 5.85. The van der Waals surface area contributed by atoms with Crippen LogP contribution in [0.1, 0.15) is 75.8 Å². The third-order valence-electron chi connectivity index (χ3n) is 8.52. The minimum Gasteiger partial charge on any atom is -0.365 e. The molecule has 11 heteroatoms. The van der Waals surface area contributed by atoms with E-state index in [4.69, 9.17) is 25.5 Å². The lowest BCUT2D eigenvalue weighted by Crippen LogP contribution is -2.41. The highest BCUT2D eigenvalue weighted by Gasteiger charge is 2.27. The molecule has 214 valence electrons. The normalized spacial score (nSPS) is 22.9. The van der Waals surface area contributed by atoms with Gasteiger partial charge in [-0.05, 0) is 76.0 Å². The number of aryl methyl sites for hydroxylation is 1. The fraction of sp³-hybridized carbons (Fsp3) is 0.586. The van der Waals surface area contributed by atoms with Crippen LogP contribution in [-0.4, -0.2) is 61.9 Å². The minimum atomic E-state index is -0.466. The first-order valence-corrected chi connectivity index (χ1v) is 14.8. The molecule has 1 saturated heterocycles. The molecule has 2 aromatic heterocycles. The van der Waals surface area contributed by atoms with E-state index in [0.29, 0.717) is 37.2 Å². The molecule has 5 N–H and O–H groups in total. The van der Waals surface area contributed by atoms with Gasteiger partial charge in [-0.3, -0.25) is 5.32 Å². The second kappa shape index (κ2) is 12.0. The number of hydrogen-bond donors (Lipinski definition) is 4. The molecule has 2 aliphatic carbocycles. The first kappa shape index (κ1) is 26.8. The third kappa shape index (κ3) is 6.31. The third-order valence-corrected chi connectivity index (χ3v) is 8.52. The van der Waals surface area contributed by atoms with E-state index in [0.717, 1.165) is 79.6 Å². The van der Waals surface area contributed by atoms with E-state index in [-0.39, 0.29) is 6.04 Å². The standard InChI is InChI=1S/C29H41N9O2/c1-19-5-4-6-23(17-19)34-29(39)40-37-15-13-22(14-16-37)32-26-25-27(38(18-31-25)24-7-2-3-8-24)36-28(35-26)33-21-11-9-20(30)10-12-21/h4-6,17-18,20-22,24H,2-3,7-16,30H2,1H3,(H,34,39)(H2,32,33,35,36)/t20-,21-. The second-order valence-corrected chi connectivity index (χ2v) is 11.6. The van der Waals surface area contributed by atoms with Crippen LogP contribution >= 0.6 is 0 Å². The zero-order valence-corrected chi connectivity index (χ0v) is 23.3. The van der Waals surface area contributed by atoms with Gasteiger partial charge in [0, 0.05) is 42.9 Å². The number of carbonyl (C=O) groups excluding carboxylic acids is 1. The van der Waals surface area contributed by atoms with Crippen molar-refractivity contribution in [1.29, 1.82) is 0 Å². The maximum atomic E-state index is 12.4. The first-order valence-electron chi connectivity index (χ1n) is 14.8. The summed E-state index contributed by atoms with van der Waals surface area (Å²) in [6.07, 6.45) is 12.0. The lowest BCUT2D eigenvalue weighted by atomic mass is 9.92. The summed E-state index contributed by atoms with van der Waals surface area (Å²) in [5.74, 6) is 1.43. The Balaban J connectivity index is 1.12. The number of imidazole rings is 1. The molecular weight excluding hydrogens is 506 g/mol. The first-order chi connectivity index (χ1) is 19.5. The largest absolute Gasteiger partial charge is 0.430 e. The van der Waals surface area contributed by atoms with Crippen LogP contribution < -0.4 is 21.7 Å². The van der Waals surface area contributed by atoms with Crippen LogP contribution in [0.4, 0.5) is 22.2 Å². The fourth-order valence-corrected chi connectivity index (χ4v) is 6.24. The van der Waals surface area contributed by atoms with Crippen molar-refractivity contribution < 1.29 is 9.63 Å². The zero-order valence-electron chi connectivity index (χ0n) is 23.3. The Kier molecular flexibility index (Phi) is 8.01. The van der Waals surface area contributed by atoms with Gasteiger partial charge in [-0.2, -0.15) is 9.97 Å². The average Bonchev–Trinajstić information content (AvgIpc) is 3.61. The molecule has 3 aliphatic rings. The lowest BCUT2D eigenvalue weighted by Gasteiger charge is -2.31. The number of hydroxylamine groups is 2. The number of anilines is 3. The molecule has 11 nitrogen and oxygen atoms in total. The van der Waals surface area contributed by atoms with Crippen LogP contribution in [0.5, 0.6) is 0 Å². The summed E-state index contributed by atoms with van der Waals surface area (Å²) in [6, 6.07) is 8.94. The summed E-state index contributed by atoms with van der Waals surface area (Å²) < 4.78 is 2.25. The number of benzene rings is 1. The molecule has 1 aliphatic heterocycles. The van der Waals surface area contributed by atoms with Crippen molar-refractivity contribution in [3.63, 3.8) is 0 Å². The Bertz CT molecular complexity index is 1310. The maximum absolute atomic E-state index is 12.4. The van der Waals surface area contributed by atoms with Crippen molar-refractivity contribution in [2.75, 3.05) is 29.0 Å². The Hall–Kier alpha value is -3.44. The lowest BCUT2D eigenvalue weighted by molar-refractivity contribution is -0.106. The predicted octanol–water partition coefficient (Wildman–Crippen LogP) is 4.97. The molecule has 6 rings (SSSR count). The number of piperidine rings is 1. The maximum Gasteiger partial charge on any atom is 0.430 e. The number of nitrogens with one attached hydrogen (secondary N) is 3. The summed E-state index contributed by atoms with van der Waals surface area (Å²) in [7, 11) is 0. The van der Waals surface area contributed by atoms with E-state index in [1.165, 1.54) is 12.8 Å². The highest BCUT2D eigenvalue weighted by Crippen LogP contribution is 2.34. The number of rotatable bonds is 7. The van der Waals surface area contributed by atoms with Gasteiger partial charge in [0.05, 0.1) is 6.33 Å². The van der Waals surface area contributed by atoms with Crippen molar-refractivity contribution in [2.24, 2.45) is 5.73 Å². The number of nitrogens with two attached hydrogens (primary N) is 1. The summed E-state index contributed by atoms with van der Waals surface area (Å²) in [5, 5.41) is 11.8. The molecule has 1 amide bonds. The van der Waals surface area contributed by atoms with Crippen molar-refractivity contribution in [2.45, 2.75) is 95.3 Å². The molecule has 1 aromatic carbocycles. The van der Waals surface area contributed by atoms with Gasteiger partial charge in [0.25, 0.3) is 0 Å². The predicted molar refractivity (Wildman–Crippen MR) is 156 cm³/mol. The molecule has 3 aromatic rings. The van der Waals surface area contributed by atoms with Crippen molar-refractivity contribution >= 4 is 34.7 Å². The van der Waals surface area contributed by atoms with Crippen LogP contribution in [0.15, 0.2) is 30.6 Å². The van der Waals surface area contributed by atoms with E-state index in [2.05, 4.69) is 20.5 Å². The van der Waals surface area contributed by atoms with Crippen LogP contribution in [0.2, 0.25) is 0 Å². The van der Waals surface area contributed by atoms with Crippen LogP contribution in [-0.2, 0) is 4.84 Å². The average molecular weight is 548 g/mol. The van der Waals surface area contributed by atoms with Crippen LogP contribution in [0.25, 0.3) is 11.2 Å². The Morgan fingerprint density at radius 2 is 1.73 bits per heavy atom. The van der Waals surface area contributed by atoms with Gasteiger partial charge in [-0.15, -0.1) is 5.06 Å². The number of nitrogens with zero attached hydrogens (tertiary/aromatic N) is 5. The van der Waals surface area contributed by atoms with E-state index in [9.17, 15) is 4.79 Å². The molecule has 40 heavy (non-hydrogen) atoms. The molecule has 0 bridgehead atoms. The molecule has 0 atom stereocenters. The van der Waals surface area contributed by atoms with Crippen LogP contribution in [0.3, 0.4) is 0 Å². The number of hydrogen-bond acceptors (Lipinski definition) is 9. The van der Waals surface area contributed by atoms with Gasteiger partial charge in [0.15, 0.2) is 17.0 Å². The molecule has 2 saturated carbocycles. The van der Waals surface area contributed by atoms with Gasteiger partial charge in [-0.1, -0.05) is 25.0 Å². The summed E-state index contributed by atoms with van der Waals surface area (Å²) in [4.78, 5) is 32.6. The van der Waals surface area contributed by atoms with Crippen molar-refractivity contribution in [3.05, 3.63) is 36.2 Å². The van der Waals surface area contributed by atoms with E-state index < -0.39 is 6.09 Å². The molecular formula is C29H41N9O2. The molecule has 0 spiro atoms. The number of fused-ring (bicyclic) bond motifs is 1. The van der Waals surface area contributed by atoms with Crippen LogP contribution in [0, 0.1) is 6.92 Å². The smallest absolute Gasteiger partial charge is 0.365 e. The number of amides is 1. The number of carbonyl (C=O) groups is 1. The minimum absolute atomic E-state index is 0.190. The monoisotopic (exact) mass is 547 g/mol. The van der Waals surface area contributed by atoms with Crippen molar-refractivity contribution in [1.82, 2.24) is 24.6 Å². The Morgan fingerprint density at radius 1 is 0.975 bits per heavy atom. The quantitative estimate of drug-likeness (QED) is 0.323. The van der Waals surface area contributed by atoms with Gasteiger partial charge in [0.1, 0.15) is 0 Å². The van der Waals surface area contributed by atoms with E-state index in [1.54, 1.807) is 5.06 Å². The topological polar surface area (TPSA) is 135 Å². The molecule has 0 radical (unpaired) electrons. The van der Waals surface area contributed by atoms with Gasteiger partial charge in [0.2, 0.25) is 5.95 Å². The van der Waals surface area contributed by atoms with Crippen molar-refractivity contribution in [3.8, 4) is 0 Å². The Morgan fingerprint density at radius 3 is 2.48 bits per heavy atom. The Labute approximate surface area is 235 Å². The van der Waals surface area contributed by atoms with E-state index in [1.807, 2.05) is 37.5 Å². The van der Waals surface area contributed by atoms with E-state index >= 15 is 0 Å². The SMILES string of the molecule is Cc1cccc(NC(=O)ON2CCC(Nc3nc(N[C@H]4CC[C@H](N)CC4)nc4c3ncn4C3CCCC3)CC2)c1. The summed E-state index contributed by atoms with van der Waals surface area (Å²) in [5.41, 5.74) is 9.65. The summed E-state index contributed by atoms with van der Waals surface area (Å²) in [6.45, 7) is 3.26. The van der Waals surface area contributed by atoms with Gasteiger partial charge in [-0.25, -0.2) is 9.78 Å². The second-order valence-electron chi connectivity index (χ2n) is 11.6. The summed E-state index contributed by atoms with van der Waals surface area (Å²) >= 11 is 0. The molecule has 0 unspecified atom stereocenters.